The third kappa shape index (κ3) is 6.95. The molecule has 1 fully saturated rings. The molecule has 3 N–H and O–H groups in total. The maximum atomic E-state index is 13.2. The Kier molecular flexibility index (Phi) is 9.07. The van der Waals surface area contributed by atoms with Crippen LogP contribution >= 0.6 is 0 Å². The number of piperazine rings is 1. The minimum atomic E-state index is -0.417. The molecule has 2 unspecified atom stereocenters. The van der Waals surface area contributed by atoms with Gasteiger partial charge in [0.1, 0.15) is 5.82 Å². The van der Waals surface area contributed by atoms with Crippen molar-refractivity contribution in [2.75, 3.05) is 26.7 Å². The molecule has 200 valence electrons. The number of nitrogens with one attached hydrogen (secondary N) is 1. The Labute approximate surface area is 222 Å². The number of fused-ring (bicyclic) bond motifs is 1. The summed E-state index contributed by atoms with van der Waals surface area (Å²) in [5.74, 6) is -0.825. The van der Waals surface area contributed by atoms with E-state index in [1.54, 1.807) is 19.2 Å². The number of nitrogens with zero attached hydrogens (tertiary/aromatic N) is 2. The molecule has 7 nitrogen and oxygen atoms in total. The molecule has 8 heteroatoms. The van der Waals surface area contributed by atoms with E-state index in [4.69, 9.17) is 5.73 Å². The van der Waals surface area contributed by atoms with Gasteiger partial charge in [-0.3, -0.25) is 19.3 Å². The van der Waals surface area contributed by atoms with Crippen molar-refractivity contribution in [1.29, 1.82) is 0 Å². The molecule has 1 heterocycles. The van der Waals surface area contributed by atoms with Gasteiger partial charge in [0.15, 0.2) is 0 Å². The number of carbonyl (C=O) groups excluding carboxylic acids is 3. The maximum Gasteiger partial charge on any atom is 0.237 e. The Morgan fingerprint density at radius 2 is 1.68 bits per heavy atom. The van der Waals surface area contributed by atoms with Crippen LogP contribution < -0.4 is 11.1 Å². The molecule has 0 spiro atoms. The Morgan fingerprint density at radius 3 is 2.39 bits per heavy atom. The van der Waals surface area contributed by atoms with Gasteiger partial charge in [-0.1, -0.05) is 54.6 Å². The first-order valence-corrected chi connectivity index (χ1v) is 13.1. The summed E-state index contributed by atoms with van der Waals surface area (Å²) in [6.07, 6.45) is 1.92. The predicted molar refractivity (Wildman–Crippen MR) is 146 cm³/mol. The van der Waals surface area contributed by atoms with E-state index in [-0.39, 0.29) is 36.5 Å². The summed E-state index contributed by atoms with van der Waals surface area (Å²) in [4.78, 5) is 41.7. The number of likely N-dealkylation sites (N-methyl/N-ethyl adjacent to an activating group) is 1. The van der Waals surface area contributed by atoms with Crippen LogP contribution in [0, 0.1) is 5.82 Å². The van der Waals surface area contributed by atoms with Crippen molar-refractivity contribution in [3.8, 4) is 0 Å². The molecule has 0 saturated carbocycles. The largest absolute Gasteiger partial charge is 0.370 e. The smallest absolute Gasteiger partial charge is 0.237 e. The fourth-order valence-corrected chi connectivity index (χ4v) is 5.24. The van der Waals surface area contributed by atoms with Crippen molar-refractivity contribution < 1.29 is 18.8 Å². The van der Waals surface area contributed by atoms with E-state index in [0.717, 1.165) is 21.9 Å². The first kappa shape index (κ1) is 27.3. The van der Waals surface area contributed by atoms with Gasteiger partial charge >= 0.3 is 0 Å². The van der Waals surface area contributed by atoms with E-state index in [9.17, 15) is 18.8 Å². The molecule has 1 saturated heterocycles. The molecule has 4 rings (SSSR count). The van der Waals surface area contributed by atoms with Gasteiger partial charge in [0, 0.05) is 45.6 Å². The van der Waals surface area contributed by atoms with E-state index < -0.39 is 11.9 Å². The zero-order valence-corrected chi connectivity index (χ0v) is 21.7. The summed E-state index contributed by atoms with van der Waals surface area (Å²) in [7, 11) is 1.63. The number of amides is 3. The second-order valence-electron chi connectivity index (χ2n) is 9.88. The molecule has 38 heavy (non-hydrogen) atoms. The fraction of sp³-hybridized carbons (Fsp3) is 0.367. The molecule has 0 aromatic heterocycles. The van der Waals surface area contributed by atoms with Crippen LogP contribution in [0.3, 0.4) is 0 Å². The van der Waals surface area contributed by atoms with Crippen molar-refractivity contribution in [1.82, 2.24) is 15.1 Å². The van der Waals surface area contributed by atoms with Crippen LogP contribution in [0.2, 0.25) is 0 Å². The molecule has 0 bridgehead atoms. The normalized spacial score (nSPS) is 16.8. The Balaban J connectivity index is 1.48. The molecular weight excluding hydrogens is 483 g/mol. The first-order chi connectivity index (χ1) is 18.3. The van der Waals surface area contributed by atoms with Crippen LogP contribution in [-0.4, -0.2) is 66.3 Å². The van der Waals surface area contributed by atoms with Crippen LogP contribution in [-0.2, 0) is 27.2 Å². The number of benzene rings is 3. The number of nitrogens with two attached hydrogens (primary N) is 1. The summed E-state index contributed by atoms with van der Waals surface area (Å²) >= 11 is 0. The second kappa shape index (κ2) is 12.6. The van der Waals surface area contributed by atoms with E-state index in [1.165, 1.54) is 12.1 Å². The fourth-order valence-electron chi connectivity index (χ4n) is 5.24. The highest BCUT2D eigenvalue weighted by Crippen LogP contribution is 2.22. The van der Waals surface area contributed by atoms with Crippen molar-refractivity contribution in [3.63, 3.8) is 0 Å². The highest BCUT2D eigenvalue weighted by molar-refractivity contribution is 5.84. The van der Waals surface area contributed by atoms with Crippen molar-refractivity contribution in [2.24, 2.45) is 5.73 Å². The van der Waals surface area contributed by atoms with Gasteiger partial charge in [0.05, 0.1) is 6.04 Å². The third-order valence-corrected chi connectivity index (χ3v) is 7.33. The Morgan fingerprint density at radius 1 is 0.974 bits per heavy atom. The van der Waals surface area contributed by atoms with Crippen LogP contribution in [0.25, 0.3) is 10.8 Å². The monoisotopic (exact) mass is 518 g/mol. The van der Waals surface area contributed by atoms with Crippen molar-refractivity contribution in [2.45, 2.75) is 44.2 Å². The van der Waals surface area contributed by atoms with Gasteiger partial charge < -0.3 is 16.0 Å². The highest BCUT2D eigenvalue weighted by Gasteiger charge is 2.35. The lowest BCUT2D eigenvalue weighted by Gasteiger charge is -2.44. The van der Waals surface area contributed by atoms with E-state index in [1.807, 2.05) is 17.0 Å². The number of carbonyl (C=O) groups is 3. The van der Waals surface area contributed by atoms with Gasteiger partial charge in [-0.25, -0.2) is 4.39 Å². The van der Waals surface area contributed by atoms with Crippen LogP contribution in [0.4, 0.5) is 4.39 Å². The molecule has 0 aliphatic carbocycles. The minimum absolute atomic E-state index is 0.0190. The SMILES string of the molecule is CNC(=O)C(Cc1ccc2ccccc2c1)N1CCN(C(=O)CCc2ccc(F)cc2)C(CCC(N)=O)C1. The van der Waals surface area contributed by atoms with E-state index in [2.05, 4.69) is 40.5 Å². The number of rotatable bonds is 10. The minimum Gasteiger partial charge on any atom is -0.370 e. The Bertz CT molecular complexity index is 1280. The molecular formula is C30H35FN4O3. The van der Waals surface area contributed by atoms with Crippen LogP contribution in [0.15, 0.2) is 66.7 Å². The van der Waals surface area contributed by atoms with Gasteiger partial charge in [0.2, 0.25) is 17.7 Å². The van der Waals surface area contributed by atoms with Crippen LogP contribution in [0.1, 0.15) is 30.4 Å². The van der Waals surface area contributed by atoms with Crippen molar-refractivity contribution in [3.05, 3.63) is 83.7 Å². The molecule has 1 aliphatic rings. The standard InChI is InChI=1S/C30H35FN4O3/c1-33-30(38)27(19-22-6-10-23-4-2-3-5-24(23)18-22)34-16-17-35(26(20-34)13-14-28(32)36)29(37)15-9-21-7-11-25(31)12-8-21/h2-8,10-12,18,26-27H,9,13-17,19-20H2,1H3,(H2,32,36)(H,33,38). The van der Waals surface area contributed by atoms with Gasteiger partial charge in [0.25, 0.3) is 0 Å². The zero-order valence-electron chi connectivity index (χ0n) is 21.7. The summed E-state index contributed by atoms with van der Waals surface area (Å²) in [6.45, 7) is 1.47. The lowest BCUT2D eigenvalue weighted by atomic mass is 9.97. The quantitative estimate of drug-likeness (QED) is 0.431. The summed E-state index contributed by atoms with van der Waals surface area (Å²) in [6, 6.07) is 19.9. The first-order valence-electron chi connectivity index (χ1n) is 13.1. The predicted octanol–water partition coefficient (Wildman–Crippen LogP) is 3.05. The van der Waals surface area contributed by atoms with E-state index in [0.29, 0.717) is 38.9 Å². The summed E-state index contributed by atoms with van der Waals surface area (Å²) in [5, 5.41) is 5.07. The third-order valence-electron chi connectivity index (χ3n) is 7.33. The maximum absolute atomic E-state index is 13.2. The molecule has 3 aromatic carbocycles. The van der Waals surface area contributed by atoms with E-state index >= 15 is 0 Å². The van der Waals surface area contributed by atoms with Crippen LogP contribution in [0.5, 0.6) is 0 Å². The highest BCUT2D eigenvalue weighted by atomic mass is 19.1. The summed E-state index contributed by atoms with van der Waals surface area (Å²) < 4.78 is 13.2. The molecule has 3 amide bonds. The average molecular weight is 519 g/mol. The van der Waals surface area contributed by atoms with Gasteiger partial charge in [-0.15, -0.1) is 0 Å². The number of hydrogen-bond donors (Lipinski definition) is 2. The molecule has 3 aromatic rings. The number of halogens is 1. The average Bonchev–Trinajstić information content (AvgIpc) is 2.93. The number of primary amides is 1. The summed E-state index contributed by atoms with van der Waals surface area (Å²) in [5.41, 5.74) is 7.39. The lowest BCUT2D eigenvalue weighted by Crippen LogP contribution is -2.60. The van der Waals surface area contributed by atoms with Crippen molar-refractivity contribution >= 4 is 28.5 Å². The van der Waals surface area contributed by atoms with Gasteiger partial charge in [-0.2, -0.15) is 0 Å². The number of aryl methyl sites for hydroxylation is 1. The Hall–Kier alpha value is -3.78. The lowest BCUT2D eigenvalue weighted by molar-refractivity contribution is -0.138. The molecule has 0 radical (unpaired) electrons. The second-order valence-corrected chi connectivity index (χ2v) is 9.88. The zero-order chi connectivity index (χ0) is 27.1. The topological polar surface area (TPSA) is 95.7 Å². The molecule has 2 atom stereocenters. The number of hydrogen-bond acceptors (Lipinski definition) is 4. The molecule has 1 aliphatic heterocycles. The van der Waals surface area contributed by atoms with Gasteiger partial charge in [-0.05, 0) is 53.3 Å².